The Bertz CT molecular complexity index is 1200. The van der Waals surface area contributed by atoms with Crippen molar-refractivity contribution in [3.63, 3.8) is 0 Å². The van der Waals surface area contributed by atoms with Crippen LogP contribution >= 0.6 is 0 Å². The van der Waals surface area contributed by atoms with Gasteiger partial charge in [-0.15, -0.1) is 13.2 Å². The lowest BCUT2D eigenvalue weighted by molar-refractivity contribution is -0.161. The minimum absolute atomic E-state index is 0.0108. The minimum atomic E-state index is -1.16. The van der Waals surface area contributed by atoms with Crippen LogP contribution < -0.4 is 9.80 Å². The summed E-state index contributed by atoms with van der Waals surface area (Å²) in [6.07, 6.45) is 7.45. The van der Waals surface area contributed by atoms with Gasteiger partial charge in [-0.05, 0) is 89.5 Å². The predicted octanol–water partition coefficient (Wildman–Crippen LogP) is 4.73. The summed E-state index contributed by atoms with van der Waals surface area (Å²) in [5.74, 6) is -2.63. The van der Waals surface area contributed by atoms with E-state index >= 15 is 0 Å². The van der Waals surface area contributed by atoms with Crippen molar-refractivity contribution in [2.24, 2.45) is 17.8 Å². The number of aliphatic hydroxyl groups excluding tert-OH is 1. The monoisotopic (exact) mass is 609 g/mol. The van der Waals surface area contributed by atoms with Gasteiger partial charge < -0.3 is 29.3 Å². The molecule has 1 spiro atoms. The Hall–Kier alpha value is -3.17. The number of hydrogen-bond acceptors (Lipinski definition) is 7. The van der Waals surface area contributed by atoms with Crippen molar-refractivity contribution in [1.29, 1.82) is 0 Å². The van der Waals surface area contributed by atoms with Crippen molar-refractivity contribution in [3.8, 4) is 0 Å². The van der Waals surface area contributed by atoms with E-state index in [4.69, 9.17) is 9.47 Å². The molecule has 1 aromatic rings. The van der Waals surface area contributed by atoms with Crippen LogP contribution in [0.4, 0.5) is 11.4 Å². The minimum Gasteiger partial charge on any atom is -0.465 e. The molecular formula is C35H51N3O6. The number of fused-ring (bicyclic) bond motifs is 1. The maximum absolute atomic E-state index is 14.8. The number of carbonyl (C=O) groups excluding carboxylic acids is 3. The number of ether oxygens (including phenoxy) is 2. The number of hydrogen-bond donors (Lipinski definition) is 1. The van der Waals surface area contributed by atoms with Crippen LogP contribution in [0.3, 0.4) is 0 Å². The van der Waals surface area contributed by atoms with Gasteiger partial charge in [0.1, 0.15) is 17.6 Å². The van der Waals surface area contributed by atoms with Gasteiger partial charge >= 0.3 is 5.97 Å². The van der Waals surface area contributed by atoms with E-state index in [-0.39, 0.29) is 44.0 Å². The lowest BCUT2D eigenvalue weighted by Gasteiger charge is -2.37. The molecule has 6 atom stereocenters. The molecule has 44 heavy (non-hydrogen) atoms. The summed E-state index contributed by atoms with van der Waals surface area (Å²) in [5.41, 5.74) is -0.316. The normalized spacial score (nSPS) is 28.6. The second-order valence-corrected chi connectivity index (χ2v) is 12.5. The zero-order valence-electron chi connectivity index (χ0n) is 27.0. The molecule has 2 amide bonds. The Balaban J connectivity index is 1.71. The second-order valence-electron chi connectivity index (χ2n) is 12.5. The number of likely N-dealkylation sites (tertiary alicyclic amines) is 1. The van der Waals surface area contributed by atoms with Crippen molar-refractivity contribution >= 4 is 29.2 Å². The lowest BCUT2D eigenvalue weighted by atomic mass is 9.62. The van der Waals surface area contributed by atoms with Crippen molar-refractivity contribution in [1.82, 2.24) is 4.90 Å². The molecule has 3 aliphatic rings. The fourth-order valence-electron chi connectivity index (χ4n) is 7.70. The van der Waals surface area contributed by atoms with Crippen molar-refractivity contribution in [3.05, 3.63) is 49.6 Å². The van der Waals surface area contributed by atoms with Crippen LogP contribution in [0.15, 0.2) is 49.6 Å². The Morgan fingerprint density at radius 1 is 1.09 bits per heavy atom. The average molecular weight is 610 g/mol. The molecule has 3 unspecified atom stereocenters. The van der Waals surface area contributed by atoms with E-state index in [0.29, 0.717) is 31.4 Å². The molecule has 4 rings (SSSR count). The van der Waals surface area contributed by atoms with Crippen molar-refractivity contribution in [2.75, 3.05) is 49.2 Å². The maximum atomic E-state index is 14.8. The fourth-order valence-corrected chi connectivity index (χ4v) is 7.70. The highest BCUT2D eigenvalue weighted by Crippen LogP contribution is 2.65. The van der Waals surface area contributed by atoms with Crippen molar-refractivity contribution < 1.29 is 29.0 Å². The molecule has 1 N–H and O–H groups in total. The van der Waals surface area contributed by atoms with Gasteiger partial charge in [0.2, 0.25) is 5.91 Å². The first-order valence-electron chi connectivity index (χ1n) is 16.3. The Morgan fingerprint density at radius 3 is 2.39 bits per heavy atom. The molecule has 3 aliphatic heterocycles. The van der Waals surface area contributed by atoms with Gasteiger partial charge in [-0.3, -0.25) is 14.4 Å². The molecule has 242 valence electrons. The third kappa shape index (κ3) is 5.93. The molecule has 1 aromatic carbocycles. The number of carbonyl (C=O) groups is 3. The van der Waals surface area contributed by atoms with Crippen LogP contribution in [0.1, 0.15) is 66.2 Å². The number of esters is 1. The zero-order valence-corrected chi connectivity index (χ0v) is 27.0. The smallest absolute Gasteiger partial charge is 0.312 e. The Morgan fingerprint density at radius 2 is 1.77 bits per heavy atom. The van der Waals surface area contributed by atoms with Gasteiger partial charge in [0.15, 0.2) is 0 Å². The maximum Gasteiger partial charge on any atom is 0.312 e. The predicted molar refractivity (Wildman–Crippen MR) is 172 cm³/mol. The van der Waals surface area contributed by atoms with Crippen LogP contribution in [-0.2, 0) is 23.9 Å². The highest BCUT2D eigenvalue weighted by atomic mass is 16.6. The van der Waals surface area contributed by atoms with Crippen LogP contribution in [-0.4, -0.2) is 84.4 Å². The quantitative estimate of drug-likeness (QED) is 0.155. The van der Waals surface area contributed by atoms with Crippen LogP contribution in [0, 0.1) is 17.8 Å². The largest absolute Gasteiger partial charge is 0.465 e. The molecule has 0 saturated carbocycles. The van der Waals surface area contributed by atoms with Crippen LogP contribution in [0.2, 0.25) is 0 Å². The summed E-state index contributed by atoms with van der Waals surface area (Å²) in [6.45, 7) is 18.3. The van der Waals surface area contributed by atoms with Crippen LogP contribution in [0.5, 0.6) is 0 Å². The lowest BCUT2D eigenvalue weighted by Crippen LogP contribution is -2.57. The number of anilines is 2. The molecule has 3 heterocycles. The average Bonchev–Trinajstić information content (AvgIpc) is 3.53. The van der Waals surface area contributed by atoms with E-state index in [1.165, 1.54) is 0 Å². The van der Waals surface area contributed by atoms with E-state index in [1.54, 1.807) is 15.9 Å². The number of rotatable bonds is 17. The van der Waals surface area contributed by atoms with Gasteiger partial charge in [0.25, 0.3) is 5.91 Å². The van der Waals surface area contributed by atoms with E-state index in [2.05, 4.69) is 31.9 Å². The molecule has 9 nitrogen and oxygen atoms in total. The SMILES string of the molecule is C=CCCCCOC(=O)[C@H]1[C@H]2C(=O)N(CCCCO)C(C(=O)N(CC=C)c3ccc(N(CC)CC)cc3)C23CC(C)[C@]1(C)O3. The fraction of sp³-hybridized carbons (Fsp3) is 0.629. The van der Waals surface area contributed by atoms with Gasteiger partial charge in [-0.25, -0.2) is 0 Å². The summed E-state index contributed by atoms with van der Waals surface area (Å²) in [4.78, 5) is 48.3. The third-order valence-corrected chi connectivity index (χ3v) is 10.0. The van der Waals surface area contributed by atoms with Crippen LogP contribution in [0.25, 0.3) is 0 Å². The highest BCUT2D eigenvalue weighted by molar-refractivity contribution is 6.05. The van der Waals surface area contributed by atoms with E-state index < -0.39 is 35.0 Å². The summed E-state index contributed by atoms with van der Waals surface area (Å²) >= 11 is 0. The molecule has 0 radical (unpaired) electrons. The molecule has 3 fully saturated rings. The number of benzene rings is 1. The third-order valence-electron chi connectivity index (χ3n) is 10.0. The first kappa shape index (κ1) is 33.7. The Kier molecular flexibility index (Phi) is 10.9. The molecule has 0 aromatic heterocycles. The van der Waals surface area contributed by atoms with E-state index in [9.17, 15) is 19.5 Å². The molecule has 9 heteroatoms. The van der Waals surface area contributed by atoms with E-state index in [1.807, 2.05) is 44.2 Å². The summed E-state index contributed by atoms with van der Waals surface area (Å²) in [5, 5.41) is 9.49. The molecule has 2 bridgehead atoms. The van der Waals surface area contributed by atoms with Gasteiger partial charge in [-0.2, -0.15) is 0 Å². The summed E-state index contributed by atoms with van der Waals surface area (Å²) < 4.78 is 12.6. The van der Waals surface area contributed by atoms with Gasteiger partial charge in [-0.1, -0.05) is 19.1 Å². The number of aliphatic hydroxyl groups is 1. The molecule has 0 aliphatic carbocycles. The first-order chi connectivity index (χ1) is 21.1. The first-order valence-corrected chi connectivity index (χ1v) is 16.3. The van der Waals surface area contributed by atoms with Crippen molar-refractivity contribution in [2.45, 2.75) is 83.5 Å². The standard InChI is InChI=1S/C35H51N3O6/c1-7-11-12-15-23-43-33(42)29-28-31(40)38(21-13-14-22-39)30(35(28)24-25(5)34(29,6)44-35)32(41)37(20-8-2)27-18-16-26(17-19-27)36(9-3)10-4/h7-8,16-19,25,28-30,39H,1-2,9-15,20-24H2,3-6H3/t25?,28-,29+,30?,34-,35?/m0/s1. The molecular weight excluding hydrogens is 558 g/mol. The molecule has 3 saturated heterocycles. The number of allylic oxidation sites excluding steroid dienone is 1. The Labute approximate surface area is 262 Å². The summed E-state index contributed by atoms with van der Waals surface area (Å²) in [6, 6.07) is 6.96. The van der Waals surface area contributed by atoms with Gasteiger partial charge in [0.05, 0.1) is 18.1 Å². The van der Waals surface area contributed by atoms with E-state index in [0.717, 1.165) is 31.6 Å². The van der Waals surface area contributed by atoms with Gasteiger partial charge in [0, 0.05) is 44.2 Å². The number of nitrogens with zero attached hydrogens (tertiary/aromatic N) is 3. The number of amides is 2. The zero-order chi connectivity index (χ0) is 32.1. The number of unbranched alkanes of at least 4 members (excludes halogenated alkanes) is 3. The second kappa shape index (κ2) is 14.3. The highest BCUT2D eigenvalue weighted by Gasteiger charge is 2.80. The summed E-state index contributed by atoms with van der Waals surface area (Å²) in [7, 11) is 0. The topological polar surface area (TPSA) is 99.6 Å².